The summed E-state index contributed by atoms with van der Waals surface area (Å²) in [6.45, 7) is 0. The molecule has 2 nitrogen and oxygen atoms in total. The summed E-state index contributed by atoms with van der Waals surface area (Å²) in [4.78, 5) is 0. The van der Waals surface area contributed by atoms with E-state index in [0.29, 0.717) is 0 Å². The van der Waals surface area contributed by atoms with E-state index in [9.17, 15) is 0 Å². The highest BCUT2D eigenvalue weighted by molar-refractivity contribution is 6.36. The van der Waals surface area contributed by atoms with Crippen LogP contribution in [0.25, 0.3) is 76.9 Å². The van der Waals surface area contributed by atoms with Crippen LogP contribution < -0.4 is 10.9 Å². The van der Waals surface area contributed by atoms with Gasteiger partial charge in [-0.1, -0.05) is 108 Å². The minimum atomic E-state index is 0.741. The Morgan fingerprint density at radius 2 is 0.886 bits per heavy atom. The molecule has 0 unspecified atom stereocenters. The Hall–Kier alpha value is -5.47. The van der Waals surface area contributed by atoms with Gasteiger partial charge in [-0.2, -0.15) is 0 Å². The maximum absolute atomic E-state index is 6.41. The largest absolute Gasteiger partial charge is 0.309 e. The molecule has 2 aromatic heterocycles. The maximum atomic E-state index is 6.41. The van der Waals surface area contributed by atoms with Gasteiger partial charge in [0, 0.05) is 32.9 Å². The van der Waals surface area contributed by atoms with E-state index in [1.807, 2.05) is 18.2 Å². The zero-order chi connectivity index (χ0) is 29.4. The predicted molar refractivity (Wildman–Crippen MR) is 189 cm³/mol. The van der Waals surface area contributed by atoms with Crippen molar-refractivity contribution in [3.63, 3.8) is 0 Å². The van der Waals surface area contributed by atoms with Crippen LogP contribution in [0.5, 0.6) is 0 Å². The molecule has 200 valence electrons. The van der Waals surface area contributed by atoms with Crippen LogP contribution in [0.15, 0.2) is 146 Å². The maximum Gasteiger partial charge on any atom is 0.113 e. The van der Waals surface area contributed by atoms with Crippen molar-refractivity contribution in [3.8, 4) is 22.5 Å². The van der Waals surface area contributed by atoms with Crippen LogP contribution in [0.1, 0.15) is 0 Å². The third-order valence-electron chi connectivity index (χ3n) is 8.93. The number of rotatable bonds is 3. The lowest BCUT2D eigenvalue weighted by Crippen LogP contribution is -2.02. The fraction of sp³-hybridized carbons (Fsp3) is 0. The van der Waals surface area contributed by atoms with Crippen molar-refractivity contribution in [2.75, 3.05) is 0 Å². The molecule has 4 heteroatoms. The lowest BCUT2D eigenvalue weighted by Gasteiger charge is -2.11. The van der Waals surface area contributed by atoms with Crippen LogP contribution in [0, 0.1) is 0 Å². The van der Waals surface area contributed by atoms with Gasteiger partial charge in [0.1, 0.15) is 15.7 Å². The smallest absolute Gasteiger partial charge is 0.113 e. The number of hydrogen-bond donors (Lipinski definition) is 0. The van der Waals surface area contributed by atoms with Gasteiger partial charge in [-0.15, -0.1) is 0 Å². The highest BCUT2D eigenvalue weighted by atomic mass is 15.0. The topological polar surface area (TPSA) is 9.86 Å². The average molecular weight is 554 g/mol. The van der Waals surface area contributed by atoms with Crippen molar-refractivity contribution < 1.29 is 0 Å². The van der Waals surface area contributed by atoms with Gasteiger partial charge in [-0.3, -0.25) is 0 Å². The molecule has 0 aliphatic heterocycles. The van der Waals surface area contributed by atoms with Crippen LogP contribution >= 0.6 is 0 Å². The molecule has 0 atom stereocenters. The van der Waals surface area contributed by atoms with Crippen molar-refractivity contribution >= 4 is 81.0 Å². The molecule has 2 heterocycles. The summed E-state index contributed by atoms with van der Waals surface area (Å²) in [6.07, 6.45) is 0. The summed E-state index contributed by atoms with van der Waals surface area (Å²) in [5.41, 5.74) is 10.5. The van der Waals surface area contributed by atoms with E-state index in [-0.39, 0.29) is 0 Å². The standard InChI is InChI=1S/C40H24B2N2/c41-29-13-18-33-37(23-29)43(31-15-10-27(11-16-31)25-6-2-1-3-7-25)35-20-21-36-40(39(33)35)34-19-14-30(42)24-38(34)44(36)32-17-12-26-8-4-5-9-28(26)22-32/h1-24H. The third-order valence-corrected chi connectivity index (χ3v) is 8.93. The molecule has 0 fully saturated rings. The van der Waals surface area contributed by atoms with Gasteiger partial charge in [0.2, 0.25) is 0 Å². The van der Waals surface area contributed by atoms with E-state index in [4.69, 9.17) is 15.7 Å². The van der Waals surface area contributed by atoms with Gasteiger partial charge in [0.25, 0.3) is 0 Å². The van der Waals surface area contributed by atoms with Crippen LogP contribution in [0.4, 0.5) is 0 Å². The number of aromatic nitrogens is 2. The van der Waals surface area contributed by atoms with Gasteiger partial charge >= 0.3 is 0 Å². The first kappa shape index (κ1) is 25.1. The Balaban J connectivity index is 1.37. The van der Waals surface area contributed by atoms with E-state index >= 15 is 0 Å². The predicted octanol–water partition coefficient (Wildman–Crippen LogP) is 8.29. The molecule has 0 aliphatic rings. The number of nitrogens with zero attached hydrogens (tertiary/aromatic N) is 2. The minimum Gasteiger partial charge on any atom is -0.309 e. The molecule has 9 rings (SSSR count). The molecular weight excluding hydrogens is 530 g/mol. The molecule has 0 bridgehead atoms. The fourth-order valence-corrected chi connectivity index (χ4v) is 6.95. The molecule has 0 spiro atoms. The Labute approximate surface area is 257 Å². The number of hydrogen-bond acceptors (Lipinski definition) is 0. The number of benzene rings is 7. The molecule has 4 radical (unpaired) electrons. The zero-order valence-corrected chi connectivity index (χ0v) is 23.9. The highest BCUT2D eigenvalue weighted by Gasteiger charge is 2.21. The fourth-order valence-electron chi connectivity index (χ4n) is 6.95. The average Bonchev–Trinajstić information content (AvgIpc) is 3.56. The van der Waals surface area contributed by atoms with Gasteiger partial charge in [0.15, 0.2) is 0 Å². The van der Waals surface area contributed by atoms with Crippen molar-refractivity contribution in [2.24, 2.45) is 0 Å². The summed E-state index contributed by atoms with van der Waals surface area (Å²) in [5, 5.41) is 7.18. The third kappa shape index (κ3) is 3.71. The van der Waals surface area contributed by atoms with E-state index < -0.39 is 0 Å². The van der Waals surface area contributed by atoms with Crippen LogP contribution in [0.3, 0.4) is 0 Å². The van der Waals surface area contributed by atoms with E-state index in [1.165, 1.54) is 43.4 Å². The first-order valence-corrected chi connectivity index (χ1v) is 14.9. The lowest BCUT2D eigenvalue weighted by molar-refractivity contribution is 1.17. The molecule has 0 aliphatic carbocycles. The SMILES string of the molecule is [B]c1ccc2c3c4c5ccc([B])cc5n(-c5ccc6ccccc6c5)c4ccc3n(-c3ccc(-c4ccccc4)cc3)c2c1. The quantitative estimate of drug-likeness (QED) is 0.195. The molecule has 0 saturated heterocycles. The Kier molecular flexibility index (Phi) is 5.42. The van der Waals surface area contributed by atoms with E-state index in [1.54, 1.807) is 0 Å². The molecule has 0 amide bonds. The van der Waals surface area contributed by atoms with Crippen molar-refractivity contribution in [1.29, 1.82) is 0 Å². The summed E-state index contributed by atoms with van der Waals surface area (Å²) in [6, 6.07) is 51.5. The monoisotopic (exact) mass is 554 g/mol. The molecule has 44 heavy (non-hydrogen) atoms. The van der Waals surface area contributed by atoms with Gasteiger partial charge in [0.05, 0.1) is 22.1 Å². The molecular formula is C40H24B2N2. The zero-order valence-electron chi connectivity index (χ0n) is 23.9. The van der Waals surface area contributed by atoms with Crippen LogP contribution in [-0.2, 0) is 0 Å². The minimum absolute atomic E-state index is 0.741. The Bertz CT molecular complexity index is 2560. The second-order valence-corrected chi connectivity index (χ2v) is 11.5. The summed E-state index contributed by atoms with van der Waals surface area (Å²) in [7, 11) is 12.8. The second kappa shape index (κ2) is 9.52. The van der Waals surface area contributed by atoms with Gasteiger partial charge in [-0.05, 0) is 70.4 Å². The van der Waals surface area contributed by atoms with Crippen LogP contribution in [0.2, 0.25) is 0 Å². The van der Waals surface area contributed by atoms with Crippen molar-refractivity contribution in [2.45, 2.75) is 0 Å². The van der Waals surface area contributed by atoms with Gasteiger partial charge < -0.3 is 9.13 Å². The summed E-state index contributed by atoms with van der Waals surface area (Å²) >= 11 is 0. The Morgan fingerprint density at radius 1 is 0.364 bits per heavy atom. The lowest BCUT2D eigenvalue weighted by atomic mass is 9.93. The molecule has 0 N–H and O–H groups in total. The normalized spacial score (nSPS) is 11.8. The van der Waals surface area contributed by atoms with Crippen molar-refractivity contribution in [3.05, 3.63) is 146 Å². The van der Waals surface area contributed by atoms with Gasteiger partial charge in [-0.25, -0.2) is 0 Å². The van der Waals surface area contributed by atoms with Crippen LogP contribution in [-0.4, -0.2) is 24.8 Å². The van der Waals surface area contributed by atoms with Crippen molar-refractivity contribution in [1.82, 2.24) is 9.13 Å². The number of fused-ring (bicyclic) bond motifs is 8. The molecule has 0 saturated carbocycles. The first-order valence-electron chi connectivity index (χ1n) is 14.9. The second-order valence-electron chi connectivity index (χ2n) is 11.5. The molecule has 9 aromatic rings. The molecule has 7 aromatic carbocycles. The highest BCUT2D eigenvalue weighted by Crippen LogP contribution is 2.42. The van der Waals surface area contributed by atoms with E-state index in [2.05, 4.69) is 137 Å². The Morgan fingerprint density at radius 3 is 1.52 bits per heavy atom. The summed E-state index contributed by atoms with van der Waals surface area (Å²) in [5.74, 6) is 0. The van der Waals surface area contributed by atoms with E-state index in [0.717, 1.165) is 44.4 Å². The first-order chi connectivity index (χ1) is 21.6. The summed E-state index contributed by atoms with van der Waals surface area (Å²) < 4.78 is 4.69.